The number of tetrazole rings is 1. The molecule has 1 aromatic carbocycles. The fraction of sp³-hybridized carbons (Fsp3) is 0.0833. The maximum absolute atomic E-state index is 11.1. The third-order valence-corrected chi connectivity index (χ3v) is 3.28. The molecule has 0 spiro atoms. The van der Waals surface area contributed by atoms with Gasteiger partial charge in [-0.15, -0.1) is 10.2 Å². The molecule has 0 atom stereocenters. The number of nitriles is 1. The Morgan fingerprint density at radius 1 is 1.57 bits per heavy atom. The number of carbonyl (C=O) groups is 1. The molecule has 3 N–H and O–H groups in total. The van der Waals surface area contributed by atoms with Crippen molar-refractivity contribution >= 4 is 33.2 Å². The highest BCUT2D eigenvalue weighted by atomic mass is 79.9. The van der Waals surface area contributed by atoms with Gasteiger partial charge in [-0.1, -0.05) is 0 Å². The number of benzene rings is 1. The van der Waals surface area contributed by atoms with E-state index in [9.17, 15) is 4.79 Å². The van der Waals surface area contributed by atoms with Gasteiger partial charge in [-0.05, 0) is 45.8 Å². The molecular weight excluding hydrogens is 340 g/mol. The first-order chi connectivity index (χ1) is 10.0. The van der Waals surface area contributed by atoms with Crippen LogP contribution in [-0.4, -0.2) is 31.7 Å². The topological polar surface area (TPSA) is 128 Å². The number of hydrogen-bond donors (Lipinski definition) is 3. The second-order valence-electron chi connectivity index (χ2n) is 4.00. The number of hydrogen-bond acceptors (Lipinski definition) is 6. The highest BCUT2D eigenvalue weighted by molar-refractivity contribution is 9.10. The van der Waals surface area contributed by atoms with Crippen LogP contribution in [0.5, 0.6) is 0 Å². The van der Waals surface area contributed by atoms with Crippen LogP contribution in [0.2, 0.25) is 0 Å². The van der Waals surface area contributed by atoms with E-state index in [1.807, 2.05) is 6.07 Å². The van der Waals surface area contributed by atoms with Crippen LogP contribution in [0, 0.1) is 18.3 Å². The van der Waals surface area contributed by atoms with E-state index in [0.29, 0.717) is 15.7 Å². The molecular formula is C12H9BrN6O2. The van der Waals surface area contributed by atoms with E-state index in [2.05, 4.69) is 41.9 Å². The normalized spacial score (nSPS) is 11.0. The average Bonchev–Trinajstić information content (AvgIpc) is 2.95. The number of H-pyrrole nitrogens is 1. The second-order valence-corrected chi connectivity index (χ2v) is 4.86. The summed E-state index contributed by atoms with van der Waals surface area (Å²) < 4.78 is 0.673. The molecule has 0 saturated carbocycles. The Hall–Kier alpha value is -2.73. The summed E-state index contributed by atoms with van der Waals surface area (Å²) in [5.74, 6) is -0.877. The lowest BCUT2D eigenvalue weighted by molar-refractivity contribution is 0.0696. The van der Waals surface area contributed by atoms with Gasteiger partial charge in [0.15, 0.2) is 0 Å². The molecule has 0 bridgehead atoms. The number of aromatic nitrogens is 4. The maximum atomic E-state index is 11.1. The van der Waals surface area contributed by atoms with Crippen molar-refractivity contribution in [2.24, 2.45) is 0 Å². The smallest absolute Gasteiger partial charge is 0.336 e. The van der Waals surface area contributed by atoms with E-state index in [-0.39, 0.29) is 17.0 Å². The molecule has 106 valence electrons. The van der Waals surface area contributed by atoms with Crippen LogP contribution in [0.4, 0.5) is 5.69 Å². The predicted molar refractivity (Wildman–Crippen MR) is 77.2 cm³/mol. The van der Waals surface area contributed by atoms with E-state index < -0.39 is 5.97 Å². The lowest BCUT2D eigenvalue weighted by Gasteiger charge is -2.08. The van der Waals surface area contributed by atoms with E-state index in [1.54, 1.807) is 13.0 Å². The van der Waals surface area contributed by atoms with Gasteiger partial charge in [-0.25, -0.2) is 4.79 Å². The summed E-state index contributed by atoms with van der Waals surface area (Å²) in [7, 11) is 0. The molecule has 0 saturated heterocycles. The molecule has 0 aliphatic rings. The summed E-state index contributed by atoms with van der Waals surface area (Å²) in [6.45, 7) is 1.70. The maximum Gasteiger partial charge on any atom is 0.336 e. The first-order valence-corrected chi connectivity index (χ1v) is 6.46. The lowest BCUT2D eigenvalue weighted by atomic mass is 10.1. The largest absolute Gasteiger partial charge is 0.478 e. The van der Waals surface area contributed by atoms with Crippen LogP contribution in [0.1, 0.15) is 21.7 Å². The number of carboxylic acids is 1. The quantitative estimate of drug-likeness (QED) is 0.720. The number of nitrogens with one attached hydrogen (secondary N) is 2. The number of aromatic amines is 1. The molecule has 0 unspecified atom stereocenters. The van der Waals surface area contributed by atoms with Crippen LogP contribution in [-0.2, 0) is 0 Å². The van der Waals surface area contributed by atoms with Gasteiger partial charge in [0.05, 0.1) is 11.3 Å². The first-order valence-electron chi connectivity index (χ1n) is 5.67. The zero-order valence-corrected chi connectivity index (χ0v) is 12.3. The van der Waals surface area contributed by atoms with E-state index in [4.69, 9.17) is 10.4 Å². The third kappa shape index (κ3) is 3.24. The van der Waals surface area contributed by atoms with Gasteiger partial charge in [0.2, 0.25) is 5.82 Å². The molecule has 1 heterocycles. The SMILES string of the molecule is Cc1cc(Br)c(NC=C(C#N)c2nn[nH]n2)cc1C(=O)O. The predicted octanol–water partition coefficient (Wildman–Crippen LogP) is 1.95. The summed E-state index contributed by atoms with van der Waals surface area (Å²) >= 11 is 3.33. The highest BCUT2D eigenvalue weighted by Gasteiger charge is 2.11. The van der Waals surface area contributed by atoms with Gasteiger partial charge in [-0.3, -0.25) is 0 Å². The zero-order chi connectivity index (χ0) is 15.4. The van der Waals surface area contributed by atoms with Gasteiger partial charge in [0.1, 0.15) is 11.6 Å². The van der Waals surface area contributed by atoms with Crippen molar-refractivity contribution in [3.8, 4) is 6.07 Å². The number of aryl methyl sites for hydroxylation is 1. The van der Waals surface area contributed by atoms with E-state index >= 15 is 0 Å². The number of aromatic carboxylic acids is 1. The van der Waals surface area contributed by atoms with Crippen LogP contribution in [0.3, 0.4) is 0 Å². The minimum Gasteiger partial charge on any atom is -0.478 e. The number of carboxylic acid groups (broad SMARTS) is 1. The zero-order valence-electron chi connectivity index (χ0n) is 10.8. The summed E-state index contributed by atoms with van der Waals surface area (Å²) in [5.41, 5.74) is 1.47. The number of rotatable bonds is 4. The van der Waals surface area contributed by atoms with Gasteiger partial charge in [-0.2, -0.15) is 10.5 Å². The molecule has 0 fully saturated rings. The Bertz CT molecular complexity index is 748. The van der Waals surface area contributed by atoms with Crippen molar-refractivity contribution in [1.29, 1.82) is 5.26 Å². The van der Waals surface area contributed by atoms with E-state index in [1.165, 1.54) is 12.3 Å². The molecule has 2 rings (SSSR count). The van der Waals surface area contributed by atoms with E-state index in [0.717, 1.165) is 0 Å². The molecule has 0 amide bonds. The minimum atomic E-state index is -1.02. The van der Waals surface area contributed by atoms with Gasteiger partial charge in [0.25, 0.3) is 0 Å². The molecule has 8 nitrogen and oxygen atoms in total. The van der Waals surface area contributed by atoms with Crippen LogP contribution < -0.4 is 5.32 Å². The third-order valence-electron chi connectivity index (χ3n) is 2.62. The van der Waals surface area contributed by atoms with Crippen molar-refractivity contribution in [2.75, 3.05) is 5.32 Å². The van der Waals surface area contributed by atoms with Crippen LogP contribution in [0.25, 0.3) is 5.57 Å². The Kier molecular flexibility index (Phi) is 4.30. The van der Waals surface area contributed by atoms with Crippen molar-refractivity contribution < 1.29 is 9.90 Å². The van der Waals surface area contributed by atoms with Crippen molar-refractivity contribution in [3.05, 3.63) is 39.8 Å². The van der Waals surface area contributed by atoms with Crippen molar-refractivity contribution in [3.63, 3.8) is 0 Å². The molecule has 2 aromatic rings. The number of halogens is 1. The Morgan fingerprint density at radius 2 is 2.33 bits per heavy atom. The first kappa shape index (κ1) is 14.7. The van der Waals surface area contributed by atoms with Gasteiger partial charge < -0.3 is 10.4 Å². The number of allylic oxidation sites excluding steroid dienone is 1. The minimum absolute atomic E-state index is 0.145. The molecule has 0 radical (unpaired) electrons. The Morgan fingerprint density at radius 3 is 2.90 bits per heavy atom. The summed E-state index contributed by atoms with van der Waals surface area (Å²) in [4.78, 5) is 11.1. The Labute approximate surface area is 127 Å². The van der Waals surface area contributed by atoms with Gasteiger partial charge >= 0.3 is 5.97 Å². The summed E-state index contributed by atoms with van der Waals surface area (Å²) in [6.07, 6.45) is 1.38. The van der Waals surface area contributed by atoms with Crippen molar-refractivity contribution in [2.45, 2.75) is 6.92 Å². The lowest BCUT2D eigenvalue weighted by Crippen LogP contribution is -2.02. The number of nitrogens with zero attached hydrogens (tertiary/aromatic N) is 4. The van der Waals surface area contributed by atoms with Crippen molar-refractivity contribution in [1.82, 2.24) is 20.6 Å². The fourth-order valence-electron chi connectivity index (χ4n) is 1.59. The average molecular weight is 349 g/mol. The monoisotopic (exact) mass is 348 g/mol. The molecule has 9 heteroatoms. The molecule has 1 aromatic heterocycles. The standard InChI is InChI=1S/C12H9BrN6O2/c1-6-2-9(13)10(3-8(6)12(20)21)15-5-7(4-14)11-16-18-19-17-11/h2-3,5,15H,1H3,(H,20,21)(H,16,17,18,19). The molecule has 0 aliphatic carbocycles. The summed E-state index contributed by atoms with van der Waals surface area (Å²) in [6, 6.07) is 5.08. The van der Waals surface area contributed by atoms with Crippen LogP contribution in [0.15, 0.2) is 22.8 Å². The summed E-state index contributed by atoms with van der Waals surface area (Å²) in [5, 5.41) is 34.0. The second kappa shape index (κ2) is 6.15. The van der Waals surface area contributed by atoms with Gasteiger partial charge in [0, 0.05) is 10.7 Å². The molecule has 21 heavy (non-hydrogen) atoms. The number of anilines is 1. The van der Waals surface area contributed by atoms with Crippen LogP contribution >= 0.6 is 15.9 Å². The Balaban J connectivity index is 2.34. The molecule has 0 aliphatic heterocycles. The fourth-order valence-corrected chi connectivity index (χ4v) is 2.16. The highest BCUT2D eigenvalue weighted by Crippen LogP contribution is 2.27.